The van der Waals surface area contributed by atoms with Gasteiger partial charge in [-0.25, -0.2) is 4.39 Å². The third-order valence-electron chi connectivity index (χ3n) is 3.03. The van der Waals surface area contributed by atoms with Crippen LogP contribution in [0.2, 0.25) is 0 Å². The number of carbonyl (C=O) groups is 2. The zero-order chi connectivity index (χ0) is 15.0. The maximum absolute atomic E-state index is 13.7. The monoisotopic (exact) mass is 285 g/mol. The normalized spacial score (nSPS) is 18.4. The standard InChI is InChI=1S/C11H9F2N3O4/c12-6-2-7(13)9(16(19)20)3-8(6)15-4-5(11(14)18)1-10(15)17/h2-3,5H,1,4H2,(H2,14,18). The lowest BCUT2D eigenvalue weighted by Gasteiger charge is -2.16. The summed E-state index contributed by atoms with van der Waals surface area (Å²) in [5, 5.41) is 10.6. The molecule has 0 aromatic heterocycles. The molecule has 0 radical (unpaired) electrons. The van der Waals surface area contributed by atoms with Crippen LogP contribution in [0, 0.1) is 27.7 Å². The number of halogens is 2. The number of rotatable bonds is 3. The molecule has 20 heavy (non-hydrogen) atoms. The van der Waals surface area contributed by atoms with E-state index in [1.807, 2.05) is 0 Å². The number of nitrogens with zero attached hydrogens (tertiary/aromatic N) is 2. The molecule has 2 amide bonds. The molecule has 1 unspecified atom stereocenters. The van der Waals surface area contributed by atoms with Gasteiger partial charge in [-0.2, -0.15) is 4.39 Å². The fourth-order valence-electron chi connectivity index (χ4n) is 2.00. The number of hydrogen-bond donors (Lipinski definition) is 1. The molecular formula is C11H9F2N3O4. The van der Waals surface area contributed by atoms with E-state index in [1.165, 1.54) is 0 Å². The number of nitrogens with two attached hydrogens (primary N) is 1. The zero-order valence-corrected chi connectivity index (χ0v) is 10.0. The van der Waals surface area contributed by atoms with Crippen LogP contribution in [-0.4, -0.2) is 23.3 Å². The predicted molar refractivity (Wildman–Crippen MR) is 62.7 cm³/mol. The summed E-state index contributed by atoms with van der Waals surface area (Å²) in [6, 6.07) is 0.963. The second kappa shape index (κ2) is 4.83. The van der Waals surface area contributed by atoms with Gasteiger partial charge in [0.05, 0.1) is 16.5 Å². The number of benzene rings is 1. The van der Waals surface area contributed by atoms with Gasteiger partial charge in [0.25, 0.3) is 0 Å². The lowest BCUT2D eigenvalue weighted by molar-refractivity contribution is -0.387. The van der Waals surface area contributed by atoms with Crippen LogP contribution < -0.4 is 10.6 Å². The Morgan fingerprint density at radius 3 is 2.55 bits per heavy atom. The van der Waals surface area contributed by atoms with Crippen LogP contribution in [-0.2, 0) is 9.59 Å². The van der Waals surface area contributed by atoms with Gasteiger partial charge in [0, 0.05) is 25.1 Å². The maximum atomic E-state index is 13.7. The van der Waals surface area contributed by atoms with E-state index in [4.69, 9.17) is 5.73 Å². The van der Waals surface area contributed by atoms with Gasteiger partial charge < -0.3 is 10.6 Å². The first kappa shape index (κ1) is 13.8. The number of hydrogen-bond acceptors (Lipinski definition) is 4. The number of carbonyl (C=O) groups excluding carboxylic acids is 2. The Labute approximate surface area is 111 Å². The molecule has 0 saturated carbocycles. The highest BCUT2D eigenvalue weighted by Gasteiger charge is 2.36. The lowest BCUT2D eigenvalue weighted by Crippen LogP contribution is -2.29. The van der Waals surface area contributed by atoms with Crippen molar-refractivity contribution in [3.05, 3.63) is 33.9 Å². The molecule has 2 rings (SSSR count). The molecule has 1 aromatic rings. The van der Waals surface area contributed by atoms with Gasteiger partial charge in [0.1, 0.15) is 5.82 Å². The SMILES string of the molecule is NC(=O)C1CC(=O)N(c2cc([N+](=O)[O-])c(F)cc2F)C1. The van der Waals surface area contributed by atoms with Crippen LogP contribution in [0.3, 0.4) is 0 Å². The van der Waals surface area contributed by atoms with Crippen molar-refractivity contribution in [2.75, 3.05) is 11.4 Å². The average Bonchev–Trinajstić information content (AvgIpc) is 2.71. The van der Waals surface area contributed by atoms with Crippen LogP contribution in [0.15, 0.2) is 12.1 Å². The van der Waals surface area contributed by atoms with Crippen molar-refractivity contribution in [1.29, 1.82) is 0 Å². The molecule has 7 nitrogen and oxygen atoms in total. The molecule has 1 atom stereocenters. The minimum atomic E-state index is -1.34. The largest absolute Gasteiger partial charge is 0.369 e. The van der Waals surface area contributed by atoms with Gasteiger partial charge in [0.15, 0.2) is 0 Å². The molecule has 1 saturated heterocycles. The molecule has 2 N–H and O–H groups in total. The number of anilines is 1. The second-order valence-corrected chi connectivity index (χ2v) is 4.32. The van der Waals surface area contributed by atoms with Gasteiger partial charge in [-0.15, -0.1) is 0 Å². The summed E-state index contributed by atoms with van der Waals surface area (Å²) >= 11 is 0. The van der Waals surface area contributed by atoms with E-state index in [0.717, 1.165) is 4.90 Å². The van der Waals surface area contributed by atoms with E-state index in [9.17, 15) is 28.5 Å². The number of amides is 2. The van der Waals surface area contributed by atoms with Crippen LogP contribution in [0.5, 0.6) is 0 Å². The molecule has 1 aliphatic rings. The van der Waals surface area contributed by atoms with E-state index < -0.39 is 45.7 Å². The van der Waals surface area contributed by atoms with E-state index in [-0.39, 0.29) is 13.0 Å². The molecule has 0 bridgehead atoms. The summed E-state index contributed by atoms with van der Waals surface area (Å²) in [5.74, 6) is -4.58. The third kappa shape index (κ3) is 2.29. The Morgan fingerprint density at radius 2 is 2.05 bits per heavy atom. The Hall–Kier alpha value is -2.58. The molecule has 106 valence electrons. The summed E-state index contributed by atoms with van der Waals surface area (Å²) in [5.41, 5.74) is 3.68. The average molecular weight is 285 g/mol. The molecule has 0 spiro atoms. The van der Waals surface area contributed by atoms with E-state index in [1.54, 1.807) is 0 Å². The smallest absolute Gasteiger partial charge is 0.307 e. The van der Waals surface area contributed by atoms with E-state index in [0.29, 0.717) is 12.1 Å². The van der Waals surface area contributed by atoms with Crippen LogP contribution in [0.25, 0.3) is 0 Å². The highest BCUT2D eigenvalue weighted by Crippen LogP contribution is 2.32. The Balaban J connectivity index is 2.43. The minimum absolute atomic E-state index is 0.187. The van der Waals surface area contributed by atoms with Gasteiger partial charge in [0.2, 0.25) is 17.6 Å². The summed E-state index contributed by atoms with van der Waals surface area (Å²) in [4.78, 5) is 33.2. The minimum Gasteiger partial charge on any atom is -0.369 e. The summed E-state index contributed by atoms with van der Waals surface area (Å²) in [6.07, 6.45) is -0.208. The molecule has 1 aliphatic heterocycles. The summed E-state index contributed by atoms with van der Waals surface area (Å²) in [7, 11) is 0. The molecular weight excluding hydrogens is 276 g/mol. The van der Waals surface area contributed by atoms with Crippen molar-refractivity contribution >= 4 is 23.2 Å². The Bertz CT molecular complexity index is 620. The first-order chi connectivity index (χ1) is 9.31. The first-order valence-corrected chi connectivity index (χ1v) is 5.54. The van der Waals surface area contributed by atoms with Crippen molar-refractivity contribution in [2.24, 2.45) is 11.7 Å². The predicted octanol–water partition coefficient (Wildman–Crippen LogP) is 0.711. The van der Waals surface area contributed by atoms with Crippen LogP contribution >= 0.6 is 0 Å². The van der Waals surface area contributed by atoms with Crippen LogP contribution in [0.1, 0.15) is 6.42 Å². The summed E-state index contributed by atoms with van der Waals surface area (Å²) in [6.45, 7) is -0.187. The first-order valence-electron chi connectivity index (χ1n) is 5.54. The van der Waals surface area contributed by atoms with Gasteiger partial charge >= 0.3 is 5.69 Å². The van der Waals surface area contributed by atoms with Gasteiger partial charge in [-0.05, 0) is 0 Å². The fraction of sp³-hybridized carbons (Fsp3) is 0.273. The summed E-state index contributed by atoms with van der Waals surface area (Å²) < 4.78 is 26.9. The fourth-order valence-corrected chi connectivity index (χ4v) is 2.00. The molecule has 0 aliphatic carbocycles. The number of nitro groups is 1. The van der Waals surface area contributed by atoms with Gasteiger partial charge in [-0.1, -0.05) is 0 Å². The lowest BCUT2D eigenvalue weighted by atomic mass is 10.1. The second-order valence-electron chi connectivity index (χ2n) is 4.32. The highest BCUT2D eigenvalue weighted by molar-refractivity contribution is 6.00. The Kier molecular flexibility index (Phi) is 3.35. The molecule has 1 fully saturated rings. The van der Waals surface area contributed by atoms with Crippen molar-refractivity contribution in [3.63, 3.8) is 0 Å². The molecule has 1 aromatic carbocycles. The third-order valence-corrected chi connectivity index (χ3v) is 3.03. The van der Waals surface area contributed by atoms with Crippen molar-refractivity contribution in [1.82, 2.24) is 0 Å². The number of nitro benzene ring substituents is 1. The molecule has 1 heterocycles. The van der Waals surface area contributed by atoms with Crippen molar-refractivity contribution < 1.29 is 23.3 Å². The quantitative estimate of drug-likeness (QED) is 0.652. The highest BCUT2D eigenvalue weighted by atomic mass is 19.1. The van der Waals surface area contributed by atoms with Crippen molar-refractivity contribution in [3.8, 4) is 0 Å². The zero-order valence-electron chi connectivity index (χ0n) is 10.0. The topological polar surface area (TPSA) is 107 Å². The molecule has 9 heteroatoms. The van der Waals surface area contributed by atoms with Gasteiger partial charge in [-0.3, -0.25) is 19.7 Å². The van der Waals surface area contributed by atoms with Crippen LogP contribution in [0.4, 0.5) is 20.2 Å². The van der Waals surface area contributed by atoms with E-state index >= 15 is 0 Å². The Morgan fingerprint density at radius 1 is 1.40 bits per heavy atom. The van der Waals surface area contributed by atoms with Crippen molar-refractivity contribution in [2.45, 2.75) is 6.42 Å². The number of primary amides is 1. The maximum Gasteiger partial charge on any atom is 0.307 e. The van der Waals surface area contributed by atoms with E-state index in [2.05, 4.69) is 0 Å².